The quantitative estimate of drug-likeness (QED) is 0.569. The molecule has 1 heterocycles. The monoisotopic (exact) mass is 266 g/mol. The second-order valence-corrected chi connectivity index (χ2v) is 11.9. The third-order valence-corrected chi connectivity index (χ3v) is 9.24. The van der Waals surface area contributed by atoms with Gasteiger partial charge >= 0.3 is 0 Å². The summed E-state index contributed by atoms with van der Waals surface area (Å²) < 4.78 is 11.9. The van der Waals surface area contributed by atoms with E-state index in [1.165, 1.54) is 16.7 Å². The highest BCUT2D eigenvalue weighted by Gasteiger charge is 2.39. The van der Waals surface area contributed by atoms with Crippen molar-refractivity contribution in [2.24, 2.45) is 5.92 Å². The highest BCUT2D eigenvalue weighted by molar-refractivity contribution is 6.74. The van der Waals surface area contributed by atoms with Crippen molar-refractivity contribution in [3.05, 3.63) is 23.3 Å². The van der Waals surface area contributed by atoms with E-state index in [-0.39, 0.29) is 5.04 Å². The molecule has 1 saturated heterocycles. The van der Waals surface area contributed by atoms with Crippen molar-refractivity contribution < 1.29 is 9.16 Å². The molecular weight excluding hydrogens is 240 g/mol. The van der Waals surface area contributed by atoms with Crippen molar-refractivity contribution in [3.63, 3.8) is 0 Å². The molecule has 2 nitrogen and oxygen atoms in total. The van der Waals surface area contributed by atoms with Crippen LogP contribution in [-0.2, 0) is 9.16 Å². The normalized spacial score (nSPS) is 24.9. The zero-order valence-electron chi connectivity index (χ0n) is 12.4. The molecule has 0 aromatic heterocycles. The maximum atomic E-state index is 6.32. The first-order valence-electron chi connectivity index (χ1n) is 6.82. The first-order valence-corrected chi connectivity index (χ1v) is 9.73. The van der Waals surface area contributed by atoms with Crippen LogP contribution in [0.15, 0.2) is 23.3 Å². The average Bonchev–Trinajstić information content (AvgIpc) is 2.79. The third kappa shape index (κ3) is 2.49. The molecule has 1 aliphatic heterocycles. The molecule has 2 rings (SSSR count). The van der Waals surface area contributed by atoms with Gasteiger partial charge in [0.05, 0.1) is 19.8 Å². The maximum Gasteiger partial charge on any atom is 0.192 e. The molecule has 2 aliphatic rings. The molecule has 0 aromatic rings. The molecule has 3 heteroatoms. The topological polar surface area (TPSA) is 18.5 Å². The van der Waals surface area contributed by atoms with E-state index < -0.39 is 8.32 Å². The first kappa shape index (κ1) is 14.0. The van der Waals surface area contributed by atoms with Crippen LogP contribution in [0.4, 0.5) is 0 Å². The van der Waals surface area contributed by atoms with E-state index in [0.29, 0.717) is 5.92 Å². The Bertz CT molecular complexity index is 388. The van der Waals surface area contributed by atoms with Crippen LogP contribution in [0.2, 0.25) is 18.1 Å². The molecule has 0 aromatic carbocycles. The Labute approximate surface area is 112 Å². The number of fused-ring (bicyclic) bond motifs is 1. The summed E-state index contributed by atoms with van der Waals surface area (Å²) in [5.41, 5.74) is 4.21. The summed E-state index contributed by atoms with van der Waals surface area (Å²) >= 11 is 0. The molecule has 0 amide bonds. The van der Waals surface area contributed by atoms with E-state index in [4.69, 9.17) is 9.16 Å². The van der Waals surface area contributed by atoms with E-state index in [2.05, 4.69) is 40.4 Å². The average molecular weight is 266 g/mol. The second-order valence-electron chi connectivity index (χ2n) is 7.08. The summed E-state index contributed by atoms with van der Waals surface area (Å²) in [6.07, 6.45) is 1.03. The Hall–Kier alpha value is -0.383. The first-order chi connectivity index (χ1) is 8.22. The molecular formula is C15H26O2Si. The standard InChI is InChI=1S/C15H26O2Si/c1-11-7-12(14-10-16-9-13(11)14)8-17-18(5,6)15(2,3)4/h13H,1,7-10H2,2-6H3. The van der Waals surface area contributed by atoms with Crippen molar-refractivity contribution in [2.45, 2.75) is 45.3 Å². The molecule has 1 unspecified atom stereocenters. The van der Waals surface area contributed by atoms with Gasteiger partial charge in [0.25, 0.3) is 0 Å². The van der Waals surface area contributed by atoms with Crippen molar-refractivity contribution >= 4 is 8.32 Å². The maximum absolute atomic E-state index is 6.32. The van der Waals surface area contributed by atoms with Gasteiger partial charge in [0.2, 0.25) is 0 Å². The van der Waals surface area contributed by atoms with Gasteiger partial charge in [-0.25, -0.2) is 0 Å². The lowest BCUT2D eigenvalue weighted by Gasteiger charge is -2.36. The number of rotatable bonds is 3. The van der Waals surface area contributed by atoms with Crippen molar-refractivity contribution in [3.8, 4) is 0 Å². The molecule has 1 fully saturated rings. The van der Waals surface area contributed by atoms with Crippen molar-refractivity contribution in [2.75, 3.05) is 19.8 Å². The lowest BCUT2D eigenvalue weighted by Crippen LogP contribution is -2.41. The summed E-state index contributed by atoms with van der Waals surface area (Å²) in [6, 6.07) is 0. The van der Waals surface area contributed by atoms with Gasteiger partial charge < -0.3 is 9.16 Å². The minimum absolute atomic E-state index is 0.277. The summed E-state index contributed by atoms with van der Waals surface area (Å²) in [5, 5.41) is 0.277. The third-order valence-electron chi connectivity index (χ3n) is 4.76. The van der Waals surface area contributed by atoms with Crippen LogP contribution in [0, 0.1) is 5.92 Å². The van der Waals surface area contributed by atoms with Crippen LogP contribution in [0.1, 0.15) is 27.2 Å². The second kappa shape index (κ2) is 4.62. The fraction of sp³-hybridized carbons (Fsp3) is 0.733. The largest absolute Gasteiger partial charge is 0.413 e. The lowest BCUT2D eigenvalue weighted by molar-refractivity contribution is 0.192. The van der Waals surface area contributed by atoms with Gasteiger partial charge in [-0.15, -0.1) is 0 Å². The van der Waals surface area contributed by atoms with Gasteiger partial charge in [-0.1, -0.05) is 32.9 Å². The van der Waals surface area contributed by atoms with E-state index >= 15 is 0 Å². The Morgan fingerprint density at radius 3 is 2.67 bits per heavy atom. The molecule has 0 saturated carbocycles. The molecule has 1 atom stereocenters. The van der Waals surface area contributed by atoms with Gasteiger partial charge in [-0.3, -0.25) is 0 Å². The zero-order chi connectivity index (χ0) is 13.6. The zero-order valence-corrected chi connectivity index (χ0v) is 13.4. The van der Waals surface area contributed by atoms with E-state index in [0.717, 1.165) is 26.2 Å². The van der Waals surface area contributed by atoms with Gasteiger partial charge in [0, 0.05) is 5.92 Å². The molecule has 0 bridgehead atoms. The van der Waals surface area contributed by atoms with Gasteiger partial charge in [-0.05, 0) is 35.7 Å². The van der Waals surface area contributed by atoms with E-state index in [1.54, 1.807) is 0 Å². The number of hydrogen-bond acceptors (Lipinski definition) is 2. The van der Waals surface area contributed by atoms with Crippen LogP contribution in [-0.4, -0.2) is 28.1 Å². The summed E-state index contributed by atoms with van der Waals surface area (Å²) in [7, 11) is -1.64. The van der Waals surface area contributed by atoms with Gasteiger partial charge in [0.1, 0.15) is 0 Å². The molecule has 0 N–H and O–H groups in total. The smallest absolute Gasteiger partial charge is 0.192 e. The minimum atomic E-state index is -1.64. The summed E-state index contributed by atoms with van der Waals surface area (Å²) in [4.78, 5) is 0. The van der Waals surface area contributed by atoms with Gasteiger partial charge in [0.15, 0.2) is 8.32 Å². The minimum Gasteiger partial charge on any atom is -0.413 e. The molecule has 0 spiro atoms. The van der Waals surface area contributed by atoms with Crippen LogP contribution >= 0.6 is 0 Å². The van der Waals surface area contributed by atoms with Crippen molar-refractivity contribution in [1.82, 2.24) is 0 Å². The van der Waals surface area contributed by atoms with E-state index in [1.807, 2.05) is 0 Å². The summed E-state index contributed by atoms with van der Waals surface area (Å²) in [5.74, 6) is 0.489. The number of ether oxygens (including phenoxy) is 1. The molecule has 1 aliphatic carbocycles. The van der Waals surface area contributed by atoms with E-state index in [9.17, 15) is 0 Å². The summed E-state index contributed by atoms with van der Waals surface area (Å²) in [6.45, 7) is 18.1. The molecule has 18 heavy (non-hydrogen) atoms. The SMILES string of the molecule is C=C1CC(CO[Si](C)(C)C(C)(C)C)=C2COCC12. The molecule has 0 radical (unpaired) electrons. The fourth-order valence-corrected chi connectivity index (χ4v) is 3.31. The Morgan fingerprint density at radius 2 is 2.06 bits per heavy atom. The van der Waals surface area contributed by atoms with Crippen LogP contribution in [0.25, 0.3) is 0 Å². The molecule has 102 valence electrons. The predicted molar refractivity (Wildman–Crippen MR) is 78.2 cm³/mol. The Balaban J connectivity index is 2.04. The highest BCUT2D eigenvalue weighted by Crippen LogP contribution is 2.41. The lowest BCUT2D eigenvalue weighted by atomic mass is 10.0. The van der Waals surface area contributed by atoms with Crippen LogP contribution in [0.3, 0.4) is 0 Å². The van der Waals surface area contributed by atoms with Gasteiger partial charge in [-0.2, -0.15) is 0 Å². The fourth-order valence-electron chi connectivity index (χ4n) is 2.34. The van der Waals surface area contributed by atoms with Crippen LogP contribution in [0.5, 0.6) is 0 Å². The Kier molecular flexibility index (Phi) is 3.60. The Morgan fingerprint density at radius 1 is 1.39 bits per heavy atom. The highest BCUT2D eigenvalue weighted by atomic mass is 28.4. The van der Waals surface area contributed by atoms with Crippen molar-refractivity contribution in [1.29, 1.82) is 0 Å². The van der Waals surface area contributed by atoms with Crippen LogP contribution < -0.4 is 0 Å². The predicted octanol–water partition coefficient (Wildman–Crippen LogP) is 3.91. The number of hydrogen-bond donors (Lipinski definition) is 0.